The predicted molar refractivity (Wildman–Crippen MR) is 80.3 cm³/mol. The summed E-state index contributed by atoms with van der Waals surface area (Å²) >= 11 is 0. The number of nitrogens with one attached hydrogen (secondary N) is 1. The number of carbonyl (C=O) groups excluding carboxylic acids is 1. The molecule has 1 aromatic heterocycles. The zero-order valence-electron chi connectivity index (χ0n) is 13.2. The van der Waals surface area contributed by atoms with Crippen molar-refractivity contribution in [3.05, 3.63) is 30.2 Å². The first-order valence-electron chi connectivity index (χ1n) is 7.42. The SMILES string of the molecule is C=C1C(=N)N(c2ccnc(C3(C(F)(F)F)CC3)n2)N(C(C)C)C1=O. The molecule has 1 N–H and O–H groups in total. The van der Waals surface area contributed by atoms with Crippen LogP contribution in [0.5, 0.6) is 0 Å². The molecule has 24 heavy (non-hydrogen) atoms. The monoisotopic (exact) mass is 339 g/mol. The Balaban J connectivity index is 2.05. The lowest BCUT2D eigenvalue weighted by Crippen LogP contribution is -2.46. The molecule has 1 aliphatic carbocycles. The number of hydrazine groups is 1. The minimum atomic E-state index is -4.43. The molecule has 1 amide bonds. The van der Waals surface area contributed by atoms with Crippen molar-refractivity contribution in [1.29, 1.82) is 5.41 Å². The Morgan fingerprint density at radius 3 is 2.50 bits per heavy atom. The number of aromatic nitrogens is 2. The molecule has 0 unspecified atom stereocenters. The second-order valence-electron chi connectivity index (χ2n) is 6.20. The molecule has 2 fully saturated rings. The molecule has 1 saturated carbocycles. The summed E-state index contributed by atoms with van der Waals surface area (Å²) in [5.74, 6) is -0.933. The zero-order valence-corrected chi connectivity index (χ0v) is 13.2. The number of hydrogen-bond acceptors (Lipinski definition) is 4. The van der Waals surface area contributed by atoms with Crippen LogP contribution in [0.3, 0.4) is 0 Å². The summed E-state index contributed by atoms with van der Waals surface area (Å²) in [6, 6.07) is 1.07. The topological polar surface area (TPSA) is 73.2 Å². The molecular weight excluding hydrogens is 323 g/mol. The van der Waals surface area contributed by atoms with Gasteiger partial charge in [-0.1, -0.05) is 6.58 Å². The van der Waals surface area contributed by atoms with Crippen LogP contribution in [0, 0.1) is 5.41 Å². The van der Waals surface area contributed by atoms with Gasteiger partial charge in [0.25, 0.3) is 5.91 Å². The van der Waals surface area contributed by atoms with Gasteiger partial charge in [-0.05, 0) is 26.7 Å². The van der Waals surface area contributed by atoms with Crippen molar-refractivity contribution < 1.29 is 18.0 Å². The number of halogens is 3. The van der Waals surface area contributed by atoms with Crippen LogP contribution in [0.1, 0.15) is 32.5 Å². The van der Waals surface area contributed by atoms with Crippen LogP contribution >= 0.6 is 0 Å². The van der Waals surface area contributed by atoms with Crippen LogP contribution < -0.4 is 5.01 Å². The number of amidine groups is 1. The second-order valence-corrected chi connectivity index (χ2v) is 6.20. The third kappa shape index (κ3) is 2.18. The number of alkyl halides is 3. The maximum atomic E-state index is 13.3. The van der Waals surface area contributed by atoms with Crippen molar-refractivity contribution in [3.8, 4) is 0 Å². The van der Waals surface area contributed by atoms with E-state index in [9.17, 15) is 18.0 Å². The molecule has 1 aliphatic heterocycles. The highest BCUT2D eigenvalue weighted by Gasteiger charge is 2.66. The molecule has 2 aliphatic rings. The van der Waals surface area contributed by atoms with Gasteiger partial charge < -0.3 is 0 Å². The smallest absolute Gasteiger partial charge is 0.282 e. The van der Waals surface area contributed by atoms with E-state index in [-0.39, 0.29) is 41.9 Å². The van der Waals surface area contributed by atoms with E-state index in [4.69, 9.17) is 5.41 Å². The average Bonchev–Trinajstić information content (AvgIpc) is 3.28. The number of anilines is 1. The van der Waals surface area contributed by atoms with Gasteiger partial charge in [0.15, 0.2) is 11.7 Å². The molecule has 9 heteroatoms. The van der Waals surface area contributed by atoms with Crippen molar-refractivity contribution in [3.63, 3.8) is 0 Å². The first kappa shape index (κ1) is 16.4. The Morgan fingerprint density at radius 2 is 2.00 bits per heavy atom. The molecule has 2 heterocycles. The Labute approximate surface area is 136 Å². The van der Waals surface area contributed by atoms with E-state index in [1.165, 1.54) is 22.3 Å². The number of amides is 1. The van der Waals surface area contributed by atoms with Gasteiger partial charge >= 0.3 is 6.18 Å². The van der Waals surface area contributed by atoms with Gasteiger partial charge in [-0.2, -0.15) is 13.2 Å². The lowest BCUT2D eigenvalue weighted by molar-refractivity contribution is -0.162. The van der Waals surface area contributed by atoms with Crippen LogP contribution in [-0.2, 0) is 10.2 Å². The summed E-state index contributed by atoms with van der Waals surface area (Å²) in [5, 5.41) is 10.5. The van der Waals surface area contributed by atoms with Crippen molar-refractivity contribution in [1.82, 2.24) is 15.0 Å². The van der Waals surface area contributed by atoms with E-state index in [0.717, 1.165) is 0 Å². The highest BCUT2D eigenvalue weighted by Crippen LogP contribution is 2.57. The molecule has 0 spiro atoms. The maximum absolute atomic E-state index is 13.3. The minimum Gasteiger partial charge on any atom is -0.282 e. The third-order valence-corrected chi connectivity index (χ3v) is 4.25. The van der Waals surface area contributed by atoms with Gasteiger partial charge in [-0.3, -0.25) is 10.2 Å². The van der Waals surface area contributed by atoms with Crippen molar-refractivity contribution in [2.45, 2.75) is 44.3 Å². The molecule has 3 rings (SSSR count). The van der Waals surface area contributed by atoms with E-state index < -0.39 is 17.5 Å². The third-order valence-electron chi connectivity index (χ3n) is 4.25. The zero-order chi connectivity index (χ0) is 17.9. The Kier molecular flexibility index (Phi) is 3.43. The maximum Gasteiger partial charge on any atom is 0.401 e. The van der Waals surface area contributed by atoms with Crippen LogP contribution in [0.15, 0.2) is 24.4 Å². The molecule has 0 bridgehead atoms. The molecule has 1 saturated heterocycles. The molecule has 128 valence electrons. The van der Waals surface area contributed by atoms with Gasteiger partial charge in [0.2, 0.25) is 0 Å². The first-order chi connectivity index (χ1) is 11.1. The Bertz CT molecular complexity index is 739. The summed E-state index contributed by atoms with van der Waals surface area (Å²) in [4.78, 5) is 20.0. The van der Waals surface area contributed by atoms with Gasteiger partial charge in [0.1, 0.15) is 11.2 Å². The lowest BCUT2D eigenvalue weighted by Gasteiger charge is -2.31. The summed E-state index contributed by atoms with van der Waals surface area (Å²) in [6.45, 7) is 7.03. The summed E-state index contributed by atoms with van der Waals surface area (Å²) < 4.78 is 39.8. The molecule has 1 aromatic rings. The van der Waals surface area contributed by atoms with Gasteiger partial charge in [-0.15, -0.1) is 0 Å². The van der Waals surface area contributed by atoms with Gasteiger partial charge in [0.05, 0.1) is 5.57 Å². The van der Waals surface area contributed by atoms with Crippen LogP contribution in [0.25, 0.3) is 0 Å². The van der Waals surface area contributed by atoms with Crippen LogP contribution in [0.4, 0.5) is 19.0 Å². The summed E-state index contributed by atoms with van der Waals surface area (Å²) in [5.41, 5.74) is -2.05. The highest BCUT2D eigenvalue weighted by molar-refractivity contribution is 6.29. The predicted octanol–water partition coefficient (Wildman–Crippen LogP) is 2.58. The quantitative estimate of drug-likeness (QED) is 0.859. The number of carbonyl (C=O) groups is 1. The van der Waals surface area contributed by atoms with Gasteiger partial charge in [-0.25, -0.2) is 20.0 Å². The van der Waals surface area contributed by atoms with Crippen LogP contribution in [0.2, 0.25) is 0 Å². The summed E-state index contributed by atoms with van der Waals surface area (Å²) in [7, 11) is 0. The Hall–Kier alpha value is -2.45. The number of hydrogen-bond donors (Lipinski definition) is 1. The van der Waals surface area contributed by atoms with E-state index >= 15 is 0 Å². The normalized spacial score (nSPS) is 20.3. The van der Waals surface area contributed by atoms with Gasteiger partial charge in [0, 0.05) is 18.3 Å². The standard InChI is InChI=1S/C15H16F3N5O/c1-8(2)22-12(24)9(3)11(19)23(22)10-4-7-20-13(21-10)14(5-6-14)15(16,17)18/h4,7-8,19H,3,5-6H2,1-2H3. The van der Waals surface area contributed by atoms with E-state index in [2.05, 4.69) is 16.5 Å². The van der Waals surface area contributed by atoms with E-state index in [0.29, 0.717) is 0 Å². The van der Waals surface area contributed by atoms with Crippen molar-refractivity contribution >= 4 is 17.6 Å². The molecule has 0 atom stereocenters. The van der Waals surface area contributed by atoms with Crippen molar-refractivity contribution in [2.75, 3.05) is 5.01 Å². The van der Waals surface area contributed by atoms with Crippen molar-refractivity contribution in [2.24, 2.45) is 0 Å². The highest BCUT2D eigenvalue weighted by atomic mass is 19.4. The van der Waals surface area contributed by atoms with E-state index in [1.807, 2.05) is 0 Å². The fourth-order valence-corrected chi connectivity index (χ4v) is 2.71. The largest absolute Gasteiger partial charge is 0.401 e. The van der Waals surface area contributed by atoms with Crippen LogP contribution in [-0.4, -0.2) is 38.9 Å². The van der Waals surface area contributed by atoms with E-state index in [1.54, 1.807) is 13.8 Å². The Morgan fingerprint density at radius 1 is 1.38 bits per heavy atom. The first-order valence-corrected chi connectivity index (χ1v) is 7.42. The minimum absolute atomic E-state index is 0.0270. The number of nitrogens with zero attached hydrogens (tertiary/aromatic N) is 4. The lowest BCUT2D eigenvalue weighted by atomic mass is 10.1. The molecule has 0 aromatic carbocycles. The molecule has 0 radical (unpaired) electrons. The molecular formula is C15H16F3N5O. The second kappa shape index (κ2) is 5.02. The fraction of sp³-hybridized carbons (Fsp3) is 0.467. The average molecular weight is 339 g/mol. The number of rotatable bonds is 3. The fourth-order valence-electron chi connectivity index (χ4n) is 2.71. The molecule has 6 nitrogen and oxygen atoms in total. The summed E-state index contributed by atoms with van der Waals surface area (Å²) in [6.07, 6.45) is -3.32.